The van der Waals surface area contributed by atoms with Gasteiger partial charge in [0.15, 0.2) is 0 Å². The van der Waals surface area contributed by atoms with E-state index in [1.807, 2.05) is 0 Å². The van der Waals surface area contributed by atoms with Gasteiger partial charge >= 0.3 is 0 Å². The zero-order chi connectivity index (χ0) is 13.0. The topological polar surface area (TPSA) is 80.0 Å². The van der Waals surface area contributed by atoms with Crippen LogP contribution in [0.4, 0.5) is 5.69 Å². The van der Waals surface area contributed by atoms with E-state index < -0.39 is 0 Å². The number of carbonyl (C=O) groups is 1. The third-order valence-electron chi connectivity index (χ3n) is 3.52. The first-order chi connectivity index (χ1) is 8.69. The number of carbonyl (C=O) groups excluding carboxylic acids is 1. The Morgan fingerprint density at radius 3 is 2.89 bits per heavy atom. The number of rotatable bonds is 4. The molecule has 1 aromatic heterocycles. The molecule has 0 aliphatic heterocycles. The van der Waals surface area contributed by atoms with Crippen LogP contribution in [0, 0.1) is 11.8 Å². The average Bonchev–Trinajstić information content (AvgIpc) is 2.82. The number of hydrogen-bond donors (Lipinski definition) is 3. The Morgan fingerprint density at radius 2 is 2.33 bits per heavy atom. The van der Waals surface area contributed by atoms with Crippen LogP contribution in [0.15, 0.2) is 18.3 Å². The summed E-state index contributed by atoms with van der Waals surface area (Å²) in [5, 5.41) is 2.95. The van der Waals surface area contributed by atoms with E-state index >= 15 is 0 Å². The number of anilines is 1. The quantitative estimate of drug-likeness (QED) is 0.557. The maximum Gasteiger partial charge on any atom is 0.269 e. The van der Waals surface area contributed by atoms with E-state index in [0.29, 0.717) is 17.3 Å². The van der Waals surface area contributed by atoms with Crippen molar-refractivity contribution in [2.24, 2.45) is 17.7 Å². The number of hydrazine groups is 1. The van der Waals surface area contributed by atoms with Gasteiger partial charge in [0.2, 0.25) is 0 Å². The fourth-order valence-electron chi connectivity index (χ4n) is 2.45. The van der Waals surface area contributed by atoms with Gasteiger partial charge in [0.25, 0.3) is 5.91 Å². The van der Waals surface area contributed by atoms with Crippen molar-refractivity contribution in [3.8, 4) is 0 Å². The third-order valence-corrected chi connectivity index (χ3v) is 3.52. The second-order valence-electron chi connectivity index (χ2n) is 5.07. The van der Waals surface area contributed by atoms with Crippen LogP contribution in [-0.2, 0) is 0 Å². The van der Waals surface area contributed by atoms with Gasteiger partial charge < -0.3 is 10.7 Å². The molecule has 2 rings (SSSR count). The van der Waals surface area contributed by atoms with Crippen molar-refractivity contribution in [1.82, 2.24) is 10.3 Å². The fourth-order valence-corrected chi connectivity index (χ4v) is 2.45. The molecule has 1 fully saturated rings. The summed E-state index contributed by atoms with van der Waals surface area (Å²) in [5.41, 5.74) is 3.60. The van der Waals surface area contributed by atoms with E-state index in [9.17, 15) is 4.79 Å². The van der Waals surface area contributed by atoms with Crippen molar-refractivity contribution < 1.29 is 4.79 Å². The van der Waals surface area contributed by atoms with Crippen molar-refractivity contribution in [3.05, 3.63) is 24.0 Å². The second kappa shape index (κ2) is 5.82. The Morgan fingerprint density at radius 1 is 1.50 bits per heavy atom. The maximum absolute atomic E-state index is 11.9. The van der Waals surface area contributed by atoms with E-state index in [0.717, 1.165) is 12.5 Å². The predicted molar refractivity (Wildman–Crippen MR) is 70.9 cm³/mol. The first-order valence-electron chi connectivity index (χ1n) is 6.40. The molecule has 0 bridgehead atoms. The molecule has 0 radical (unpaired) electrons. The molecule has 0 saturated heterocycles. The minimum Gasteiger partial charge on any atom is -0.350 e. The molecular weight excluding hydrogens is 228 g/mol. The van der Waals surface area contributed by atoms with Crippen LogP contribution in [0.25, 0.3) is 0 Å². The molecule has 1 heterocycles. The zero-order valence-electron chi connectivity index (χ0n) is 10.6. The van der Waals surface area contributed by atoms with Crippen molar-refractivity contribution >= 4 is 11.6 Å². The Labute approximate surface area is 107 Å². The zero-order valence-corrected chi connectivity index (χ0v) is 10.6. The Bertz CT molecular complexity index is 404. The summed E-state index contributed by atoms with van der Waals surface area (Å²) in [6.45, 7) is 3.02. The summed E-state index contributed by atoms with van der Waals surface area (Å²) in [5.74, 6) is 6.54. The van der Waals surface area contributed by atoms with Crippen LogP contribution in [0.1, 0.15) is 36.7 Å². The van der Waals surface area contributed by atoms with E-state index in [1.54, 1.807) is 18.3 Å². The average molecular weight is 248 g/mol. The molecule has 0 spiro atoms. The molecule has 4 N–H and O–H groups in total. The standard InChI is InChI=1S/C13H20N4O/c1-9-2-3-10(6-9)7-16-13(18)12-5-4-11(17-14)8-15-12/h4-5,8-10,17H,2-3,6-7,14H2,1H3,(H,16,18). The van der Waals surface area contributed by atoms with Crippen molar-refractivity contribution in [2.75, 3.05) is 12.0 Å². The molecular formula is C13H20N4O. The normalized spacial score (nSPS) is 22.8. The number of hydrogen-bond acceptors (Lipinski definition) is 4. The Hall–Kier alpha value is -1.62. The van der Waals surface area contributed by atoms with Gasteiger partial charge in [-0.05, 0) is 36.8 Å². The van der Waals surface area contributed by atoms with Crippen molar-refractivity contribution in [3.63, 3.8) is 0 Å². The summed E-state index contributed by atoms with van der Waals surface area (Å²) < 4.78 is 0. The van der Waals surface area contributed by atoms with Crippen molar-refractivity contribution in [1.29, 1.82) is 0 Å². The molecule has 1 aliphatic carbocycles. The number of pyridine rings is 1. The van der Waals surface area contributed by atoms with Crippen LogP contribution >= 0.6 is 0 Å². The van der Waals surface area contributed by atoms with Crippen LogP contribution in [-0.4, -0.2) is 17.4 Å². The molecule has 1 aromatic rings. The lowest BCUT2D eigenvalue weighted by Crippen LogP contribution is -2.29. The molecule has 1 aliphatic rings. The number of nitrogen functional groups attached to an aromatic ring is 1. The molecule has 5 nitrogen and oxygen atoms in total. The molecule has 5 heteroatoms. The lowest BCUT2D eigenvalue weighted by Gasteiger charge is -2.11. The molecule has 18 heavy (non-hydrogen) atoms. The minimum absolute atomic E-state index is 0.113. The highest BCUT2D eigenvalue weighted by Gasteiger charge is 2.21. The summed E-state index contributed by atoms with van der Waals surface area (Å²) in [6, 6.07) is 3.40. The first-order valence-corrected chi connectivity index (χ1v) is 6.40. The number of nitrogens with zero attached hydrogens (tertiary/aromatic N) is 1. The third kappa shape index (κ3) is 3.20. The monoisotopic (exact) mass is 248 g/mol. The SMILES string of the molecule is CC1CCC(CNC(=O)c2ccc(NN)cn2)C1. The second-order valence-corrected chi connectivity index (χ2v) is 5.07. The summed E-state index contributed by atoms with van der Waals surface area (Å²) in [7, 11) is 0. The van der Waals surface area contributed by atoms with Gasteiger partial charge in [-0.3, -0.25) is 10.6 Å². The number of nitrogens with one attached hydrogen (secondary N) is 2. The van der Waals surface area contributed by atoms with Gasteiger partial charge in [0, 0.05) is 6.54 Å². The molecule has 0 aromatic carbocycles. The maximum atomic E-state index is 11.9. The lowest BCUT2D eigenvalue weighted by atomic mass is 10.1. The highest BCUT2D eigenvalue weighted by molar-refractivity contribution is 5.92. The number of aromatic nitrogens is 1. The Kier molecular flexibility index (Phi) is 4.15. The smallest absolute Gasteiger partial charge is 0.269 e. The van der Waals surface area contributed by atoms with Gasteiger partial charge in [0.1, 0.15) is 5.69 Å². The highest BCUT2D eigenvalue weighted by atomic mass is 16.1. The van der Waals surface area contributed by atoms with Crippen LogP contribution in [0.3, 0.4) is 0 Å². The van der Waals surface area contributed by atoms with Crippen molar-refractivity contribution in [2.45, 2.75) is 26.2 Å². The van der Waals surface area contributed by atoms with E-state index in [-0.39, 0.29) is 5.91 Å². The number of amides is 1. The fraction of sp³-hybridized carbons (Fsp3) is 0.538. The summed E-state index contributed by atoms with van der Waals surface area (Å²) >= 11 is 0. The lowest BCUT2D eigenvalue weighted by molar-refractivity contribution is 0.0942. The van der Waals surface area contributed by atoms with E-state index in [2.05, 4.69) is 22.7 Å². The molecule has 1 amide bonds. The van der Waals surface area contributed by atoms with Crippen LogP contribution in [0.5, 0.6) is 0 Å². The van der Waals surface area contributed by atoms with Gasteiger partial charge in [-0.25, -0.2) is 4.98 Å². The van der Waals surface area contributed by atoms with Gasteiger partial charge in [0.05, 0.1) is 11.9 Å². The minimum atomic E-state index is -0.113. The summed E-state index contributed by atoms with van der Waals surface area (Å²) in [6.07, 6.45) is 5.25. The summed E-state index contributed by atoms with van der Waals surface area (Å²) in [4.78, 5) is 15.9. The largest absolute Gasteiger partial charge is 0.350 e. The van der Waals surface area contributed by atoms with E-state index in [1.165, 1.54) is 19.3 Å². The molecule has 2 atom stereocenters. The van der Waals surface area contributed by atoms with Gasteiger partial charge in [-0.1, -0.05) is 13.3 Å². The first kappa shape index (κ1) is 12.8. The highest BCUT2D eigenvalue weighted by Crippen LogP contribution is 2.29. The molecule has 98 valence electrons. The van der Waals surface area contributed by atoms with E-state index in [4.69, 9.17) is 5.84 Å². The van der Waals surface area contributed by atoms with Gasteiger partial charge in [-0.15, -0.1) is 0 Å². The van der Waals surface area contributed by atoms with Crippen LogP contribution in [0.2, 0.25) is 0 Å². The molecule has 2 unspecified atom stereocenters. The van der Waals surface area contributed by atoms with Crippen LogP contribution < -0.4 is 16.6 Å². The van der Waals surface area contributed by atoms with Gasteiger partial charge in [-0.2, -0.15) is 0 Å². The predicted octanol–water partition coefficient (Wildman–Crippen LogP) is 1.53. The molecule has 1 saturated carbocycles. The number of nitrogens with two attached hydrogens (primary N) is 1. The Balaban J connectivity index is 1.83.